The highest BCUT2D eigenvalue weighted by Gasteiger charge is 2.30. The van der Waals surface area contributed by atoms with Gasteiger partial charge in [-0.1, -0.05) is 44.5 Å². The van der Waals surface area contributed by atoms with Crippen LogP contribution < -0.4 is 0 Å². The lowest BCUT2D eigenvalue weighted by molar-refractivity contribution is 0.188. The summed E-state index contributed by atoms with van der Waals surface area (Å²) in [5.74, 6) is 3.64. The van der Waals surface area contributed by atoms with Crippen LogP contribution >= 0.6 is 12.6 Å². The first-order chi connectivity index (χ1) is 11.7. The van der Waals surface area contributed by atoms with Gasteiger partial charge in [0, 0.05) is 5.25 Å². The molecule has 0 spiro atoms. The van der Waals surface area contributed by atoms with Gasteiger partial charge in [-0.05, 0) is 92.6 Å². The molecule has 1 atom stereocenters. The molecule has 24 heavy (non-hydrogen) atoms. The van der Waals surface area contributed by atoms with E-state index in [9.17, 15) is 0 Å². The number of hydrogen-bond donors (Lipinski definition) is 1. The fraction of sp³-hybridized carbons (Fsp3) is 0.739. The average Bonchev–Trinajstić information content (AvgIpc) is 2.63. The van der Waals surface area contributed by atoms with Crippen molar-refractivity contribution in [1.29, 1.82) is 0 Å². The van der Waals surface area contributed by atoms with Gasteiger partial charge < -0.3 is 0 Å². The molecule has 0 heterocycles. The summed E-state index contributed by atoms with van der Waals surface area (Å²) in [6.07, 6.45) is 13.8. The summed E-state index contributed by atoms with van der Waals surface area (Å²) in [6, 6.07) is 9.63. The Balaban J connectivity index is 1.49. The molecule has 1 aromatic carbocycles. The molecule has 2 fully saturated rings. The highest BCUT2D eigenvalue weighted by atomic mass is 32.1. The lowest BCUT2D eigenvalue weighted by atomic mass is 9.70. The third-order valence-corrected chi connectivity index (χ3v) is 7.43. The summed E-state index contributed by atoms with van der Waals surface area (Å²) in [4.78, 5) is 0. The minimum Gasteiger partial charge on any atom is -0.176 e. The minimum absolute atomic E-state index is 0.687. The second-order valence-corrected chi connectivity index (χ2v) is 9.37. The van der Waals surface area contributed by atoms with E-state index >= 15 is 0 Å². The van der Waals surface area contributed by atoms with Crippen molar-refractivity contribution in [2.75, 3.05) is 0 Å². The third-order valence-electron chi connectivity index (χ3n) is 6.91. The normalized spacial score (nSPS) is 32.5. The molecule has 134 valence electrons. The lowest BCUT2D eigenvalue weighted by Crippen LogP contribution is -2.25. The van der Waals surface area contributed by atoms with E-state index in [1.165, 1.54) is 69.8 Å². The largest absolute Gasteiger partial charge is 0.176 e. The average molecular weight is 345 g/mol. The van der Waals surface area contributed by atoms with Gasteiger partial charge in [-0.2, -0.15) is 12.6 Å². The van der Waals surface area contributed by atoms with Gasteiger partial charge >= 0.3 is 0 Å². The molecule has 0 amide bonds. The first kappa shape index (κ1) is 18.4. The van der Waals surface area contributed by atoms with E-state index in [1.807, 2.05) is 0 Å². The Kier molecular flexibility index (Phi) is 6.72. The van der Waals surface area contributed by atoms with Crippen LogP contribution in [0.4, 0.5) is 0 Å². The molecule has 2 aliphatic rings. The molecule has 2 saturated carbocycles. The van der Waals surface area contributed by atoms with Crippen LogP contribution in [0.5, 0.6) is 0 Å². The van der Waals surface area contributed by atoms with Gasteiger partial charge in [-0.15, -0.1) is 0 Å². The molecule has 0 bridgehead atoms. The SMILES string of the molecule is CCC(C)Cc1ccc(C2CCC(C3CCC(S)CC3)CC2)cc1. The van der Waals surface area contributed by atoms with Crippen molar-refractivity contribution in [3.63, 3.8) is 0 Å². The second-order valence-electron chi connectivity index (χ2n) is 8.64. The predicted molar refractivity (Wildman–Crippen MR) is 109 cm³/mol. The summed E-state index contributed by atoms with van der Waals surface area (Å²) < 4.78 is 0. The standard InChI is InChI=1S/C23H36S/c1-3-17(2)16-18-4-6-19(7-5-18)20-8-10-21(11-9-20)22-12-14-23(24)15-13-22/h4-7,17,20-24H,3,8-16H2,1-2H3. The van der Waals surface area contributed by atoms with Crippen LogP contribution in [0, 0.1) is 17.8 Å². The van der Waals surface area contributed by atoms with Gasteiger partial charge in [0.15, 0.2) is 0 Å². The summed E-state index contributed by atoms with van der Waals surface area (Å²) in [5, 5.41) is 0.687. The maximum absolute atomic E-state index is 4.66. The van der Waals surface area contributed by atoms with E-state index in [4.69, 9.17) is 0 Å². The van der Waals surface area contributed by atoms with E-state index in [2.05, 4.69) is 50.7 Å². The predicted octanol–water partition coefficient (Wildman–Crippen LogP) is 7.04. The van der Waals surface area contributed by atoms with E-state index in [1.54, 1.807) is 5.56 Å². The van der Waals surface area contributed by atoms with Gasteiger partial charge in [-0.3, -0.25) is 0 Å². The van der Waals surface area contributed by atoms with Crippen LogP contribution in [0.1, 0.15) is 88.7 Å². The highest BCUT2D eigenvalue weighted by molar-refractivity contribution is 7.80. The summed E-state index contributed by atoms with van der Waals surface area (Å²) >= 11 is 4.66. The van der Waals surface area contributed by atoms with Crippen molar-refractivity contribution in [3.8, 4) is 0 Å². The van der Waals surface area contributed by atoms with Crippen LogP contribution in [0.2, 0.25) is 0 Å². The Morgan fingerprint density at radius 1 is 0.875 bits per heavy atom. The van der Waals surface area contributed by atoms with Gasteiger partial charge in [0.25, 0.3) is 0 Å². The van der Waals surface area contributed by atoms with E-state index < -0.39 is 0 Å². The highest BCUT2D eigenvalue weighted by Crippen LogP contribution is 2.43. The molecule has 0 radical (unpaired) electrons. The molecule has 2 aliphatic carbocycles. The van der Waals surface area contributed by atoms with Crippen LogP contribution in [0.3, 0.4) is 0 Å². The minimum atomic E-state index is 0.687. The number of benzene rings is 1. The van der Waals surface area contributed by atoms with Crippen molar-refractivity contribution in [1.82, 2.24) is 0 Å². The fourth-order valence-corrected chi connectivity index (χ4v) is 5.27. The molecule has 0 saturated heterocycles. The van der Waals surface area contributed by atoms with Gasteiger partial charge in [0.05, 0.1) is 0 Å². The number of hydrogen-bond acceptors (Lipinski definition) is 1. The molecule has 0 nitrogen and oxygen atoms in total. The molecule has 3 rings (SSSR count). The van der Waals surface area contributed by atoms with E-state index in [-0.39, 0.29) is 0 Å². The molecule has 0 aliphatic heterocycles. The molecule has 1 unspecified atom stereocenters. The Morgan fingerprint density at radius 3 is 1.96 bits per heavy atom. The fourth-order valence-electron chi connectivity index (χ4n) is 4.97. The summed E-state index contributed by atoms with van der Waals surface area (Å²) in [5.41, 5.74) is 3.12. The number of rotatable bonds is 5. The van der Waals surface area contributed by atoms with Crippen molar-refractivity contribution in [3.05, 3.63) is 35.4 Å². The topological polar surface area (TPSA) is 0 Å². The monoisotopic (exact) mass is 344 g/mol. The zero-order valence-corrected chi connectivity index (χ0v) is 16.6. The lowest BCUT2D eigenvalue weighted by Gasteiger charge is -2.37. The zero-order valence-electron chi connectivity index (χ0n) is 15.7. The Bertz CT molecular complexity index is 475. The van der Waals surface area contributed by atoms with Crippen molar-refractivity contribution < 1.29 is 0 Å². The molecule has 1 heteroatoms. The smallest absolute Gasteiger partial charge is 0.00170 e. The van der Waals surface area contributed by atoms with Crippen molar-refractivity contribution in [2.45, 2.75) is 89.2 Å². The Hall–Kier alpha value is -0.430. The molecular weight excluding hydrogens is 308 g/mol. The van der Waals surface area contributed by atoms with E-state index in [0.29, 0.717) is 5.25 Å². The van der Waals surface area contributed by atoms with Gasteiger partial charge in [-0.25, -0.2) is 0 Å². The summed E-state index contributed by atoms with van der Waals surface area (Å²) in [6.45, 7) is 4.65. The van der Waals surface area contributed by atoms with Crippen LogP contribution in [-0.2, 0) is 6.42 Å². The molecule has 1 aromatic rings. The van der Waals surface area contributed by atoms with Gasteiger partial charge in [0.2, 0.25) is 0 Å². The molecule has 0 aromatic heterocycles. The zero-order chi connectivity index (χ0) is 16.9. The third kappa shape index (κ3) is 4.81. The maximum atomic E-state index is 4.66. The van der Waals surface area contributed by atoms with E-state index in [0.717, 1.165) is 23.7 Å². The Labute approximate surface area is 155 Å². The quantitative estimate of drug-likeness (QED) is 0.544. The maximum Gasteiger partial charge on any atom is 0.00170 e. The second kappa shape index (κ2) is 8.79. The summed E-state index contributed by atoms with van der Waals surface area (Å²) in [7, 11) is 0. The van der Waals surface area contributed by atoms with Gasteiger partial charge in [0.1, 0.15) is 0 Å². The first-order valence-corrected chi connectivity index (χ1v) is 10.9. The Morgan fingerprint density at radius 2 is 1.42 bits per heavy atom. The van der Waals surface area contributed by atoms with Crippen LogP contribution in [-0.4, -0.2) is 5.25 Å². The van der Waals surface area contributed by atoms with Crippen molar-refractivity contribution >= 4 is 12.6 Å². The molecular formula is C23H36S. The van der Waals surface area contributed by atoms with Crippen molar-refractivity contribution in [2.24, 2.45) is 17.8 Å². The van der Waals surface area contributed by atoms with Crippen LogP contribution in [0.25, 0.3) is 0 Å². The van der Waals surface area contributed by atoms with Crippen LogP contribution in [0.15, 0.2) is 24.3 Å². The molecule has 0 N–H and O–H groups in total. The number of thiol groups is 1. The first-order valence-electron chi connectivity index (χ1n) is 10.4.